The number of amides is 1. The summed E-state index contributed by atoms with van der Waals surface area (Å²) in [6.45, 7) is 6.38. The molecule has 28 heavy (non-hydrogen) atoms. The lowest BCUT2D eigenvalue weighted by molar-refractivity contribution is 0.0939. The third-order valence-corrected chi connectivity index (χ3v) is 4.65. The number of benzene rings is 2. The second-order valence-electron chi connectivity index (χ2n) is 6.87. The van der Waals surface area contributed by atoms with Crippen LogP contribution in [0.3, 0.4) is 0 Å². The monoisotopic (exact) mass is 381 g/mol. The summed E-state index contributed by atoms with van der Waals surface area (Å²) in [4.78, 5) is 12.7. The number of halogens is 1. The predicted molar refractivity (Wildman–Crippen MR) is 106 cm³/mol. The summed E-state index contributed by atoms with van der Waals surface area (Å²) in [6.07, 6.45) is 0. The first-order valence-corrected chi connectivity index (χ1v) is 9.11. The molecule has 0 radical (unpaired) electrons. The zero-order valence-electron chi connectivity index (χ0n) is 16.5. The zero-order valence-corrected chi connectivity index (χ0v) is 16.5. The molecule has 1 aromatic heterocycles. The molecule has 146 valence electrons. The van der Waals surface area contributed by atoms with Crippen LogP contribution in [0.2, 0.25) is 0 Å². The maximum atomic E-state index is 13.9. The van der Waals surface area contributed by atoms with Crippen LogP contribution < -0.4 is 10.1 Å². The average molecular weight is 381 g/mol. The summed E-state index contributed by atoms with van der Waals surface area (Å²) in [6, 6.07) is 13.8. The van der Waals surface area contributed by atoms with Crippen LogP contribution in [0.1, 0.15) is 45.8 Å². The molecule has 0 aliphatic heterocycles. The van der Waals surface area contributed by atoms with Crippen molar-refractivity contribution in [2.75, 3.05) is 7.11 Å². The molecule has 3 rings (SSSR count). The number of methoxy groups -OCH3 is 1. The first kappa shape index (κ1) is 19.6. The summed E-state index contributed by atoms with van der Waals surface area (Å²) in [5.41, 5.74) is 4.25. The number of hydrogen-bond donors (Lipinski definition) is 1. The van der Waals surface area contributed by atoms with Crippen LogP contribution in [-0.4, -0.2) is 22.8 Å². The highest BCUT2D eigenvalue weighted by atomic mass is 19.1. The lowest BCUT2D eigenvalue weighted by Gasteiger charge is -2.16. The van der Waals surface area contributed by atoms with Crippen LogP contribution >= 0.6 is 0 Å². The Bertz CT molecular complexity index is 997. The van der Waals surface area contributed by atoms with Crippen LogP contribution in [-0.2, 0) is 6.54 Å². The summed E-state index contributed by atoms with van der Waals surface area (Å²) in [7, 11) is 1.42. The normalized spacial score (nSPS) is 11.9. The fourth-order valence-corrected chi connectivity index (χ4v) is 3.13. The van der Waals surface area contributed by atoms with Gasteiger partial charge in [0.25, 0.3) is 5.91 Å². The van der Waals surface area contributed by atoms with E-state index in [1.165, 1.54) is 13.2 Å². The third kappa shape index (κ3) is 4.39. The quantitative estimate of drug-likeness (QED) is 0.697. The van der Waals surface area contributed by atoms with Gasteiger partial charge in [0, 0.05) is 11.3 Å². The zero-order chi connectivity index (χ0) is 20.3. The number of carbonyl (C=O) groups excluding carboxylic acids is 1. The van der Waals surface area contributed by atoms with E-state index >= 15 is 0 Å². The second-order valence-corrected chi connectivity index (χ2v) is 6.87. The minimum absolute atomic E-state index is 0.180. The Hall–Kier alpha value is -3.15. The molecule has 0 saturated carbocycles. The van der Waals surface area contributed by atoms with Crippen molar-refractivity contribution in [1.82, 2.24) is 15.1 Å². The van der Waals surface area contributed by atoms with E-state index in [4.69, 9.17) is 4.74 Å². The van der Waals surface area contributed by atoms with Crippen molar-refractivity contribution in [2.24, 2.45) is 0 Å². The van der Waals surface area contributed by atoms with Gasteiger partial charge in [-0.1, -0.05) is 18.2 Å². The molecule has 0 aliphatic rings. The molecule has 6 heteroatoms. The SMILES string of the molecule is COc1ccc([C@H](C)NC(=O)c2cccc(Cn3nc(C)cc3C)c2)cc1F. The molecule has 1 N–H and O–H groups in total. The maximum Gasteiger partial charge on any atom is 0.251 e. The second kappa shape index (κ2) is 8.25. The number of nitrogens with one attached hydrogen (secondary N) is 1. The average Bonchev–Trinajstić information content (AvgIpc) is 2.98. The first-order chi connectivity index (χ1) is 13.4. The summed E-state index contributed by atoms with van der Waals surface area (Å²) in [5, 5.41) is 7.38. The largest absolute Gasteiger partial charge is 0.494 e. The van der Waals surface area contributed by atoms with E-state index in [1.807, 2.05) is 49.7 Å². The van der Waals surface area contributed by atoms with Crippen LogP contribution in [0.15, 0.2) is 48.5 Å². The highest BCUT2D eigenvalue weighted by Gasteiger charge is 2.14. The number of nitrogens with zero attached hydrogens (tertiary/aromatic N) is 2. The minimum atomic E-state index is -0.451. The molecule has 0 unspecified atom stereocenters. The highest BCUT2D eigenvalue weighted by molar-refractivity contribution is 5.94. The highest BCUT2D eigenvalue weighted by Crippen LogP contribution is 2.22. The Balaban J connectivity index is 1.72. The lowest BCUT2D eigenvalue weighted by Crippen LogP contribution is -2.26. The molecule has 3 aromatic rings. The van der Waals surface area contributed by atoms with E-state index < -0.39 is 5.82 Å². The standard InChI is InChI=1S/C22H24FN3O2/c1-14-10-15(2)26(25-14)13-17-6-5-7-19(11-17)22(27)24-16(3)18-8-9-21(28-4)20(23)12-18/h5-12,16H,13H2,1-4H3,(H,24,27)/t16-/m0/s1. The lowest BCUT2D eigenvalue weighted by atomic mass is 10.1. The smallest absolute Gasteiger partial charge is 0.251 e. The van der Waals surface area contributed by atoms with E-state index in [0.29, 0.717) is 17.7 Å². The Labute approximate surface area is 164 Å². The van der Waals surface area contributed by atoms with Crippen LogP contribution in [0, 0.1) is 19.7 Å². The number of hydrogen-bond acceptors (Lipinski definition) is 3. The third-order valence-electron chi connectivity index (χ3n) is 4.65. The Morgan fingerprint density at radius 3 is 2.64 bits per heavy atom. The molecule has 1 atom stereocenters. The number of rotatable bonds is 6. The molecular weight excluding hydrogens is 357 g/mol. The van der Waals surface area contributed by atoms with E-state index in [1.54, 1.807) is 18.2 Å². The van der Waals surface area contributed by atoms with Gasteiger partial charge in [0.15, 0.2) is 11.6 Å². The fourth-order valence-electron chi connectivity index (χ4n) is 3.13. The van der Waals surface area contributed by atoms with Crippen molar-refractivity contribution in [3.63, 3.8) is 0 Å². The van der Waals surface area contributed by atoms with Crippen molar-refractivity contribution >= 4 is 5.91 Å². The number of carbonyl (C=O) groups is 1. The van der Waals surface area contributed by atoms with Crippen LogP contribution in [0.5, 0.6) is 5.75 Å². The molecule has 0 aliphatic carbocycles. The minimum Gasteiger partial charge on any atom is -0.494 e. The van der Waals surface area contributed by atoms with Gasteiger partial charge in [0.05, 0.1) is 25.4 Å². The van der Waals surface area contributed by atoms with Gasteiger partial charge in [-0.25, -0.2) is 4.39 Å². The summed E-state index contributed by atoms with van der Waals surface area (Å²) in [5.74, 6) is -0.481. The Morgan fingerprint density at radius 1 is 1.21 bits per heavy atom. The molecule has 0 saturated heterocycles. The number of aryl methyl sites for hydroxylation is 2. The number of aromatic nitrogens is 2. The van der Waals surface area contributed by atoms with Gasteiger partial charge in [-0.3, -0.25) is 9.48 Å². The molecule has 2 aromatic carbocycles. The molecule has 1 heterocycles. The van der Waals surface area contributed by atoms with Crippen molar-refractivity contribution in [2.45, 2.75) is 33.4 Å². The number of ether oxygens (including phenoxy) is 1. The summed E-state index contributed by atoms with van der Waals surface area (Å²) >= 11 is 0. The Kier molecular flexibility index (Phi) is 5.78. The van der Waals surface area contributed by atoms with Gasteiger partial charge in [-0.05, 0) is 62.2 Å². The van der Waals surface area contributed by atoms with E-state index in [-0.39, 0.29) is 17.7 Å². The van der Waals surface area contributed by atoms with Crippen LogP contribution in [0.25, 0.3) is 0 Å². The van der Waals surface area contributed by atoms with Crippen molar-refractivity contribution < 1.29 is 13.9 Å². The van der Waals surface area contributed by atoms with Crippen LogP contribution in [0.4, 0.5) is 4.39 Å². The van der Waals surface area contributed by atoms with Gasteiger partial charge in [0.2, 0.25) is 0 Å². The predicted octanol–water partition coefficient (Wildman–Crippen LogP) is 4.19. The fraction of sp³-hybridized carbons (Fsp3) is 0.273. The van der Waals surface area contributed by atoms with Gasteiger partial charge in [-0.2, -0.15) is 5.10 Å². The van der Waals surface area contributed by atoms with E-state index in [2.05, 4.69) is 10.4 Å². The van der Waals surface area contributed by atoms with E-state index in [0.717, 1.165) is 17.0 Å². The van der Waals surface area contributed by atoms with Crippen molar-refractivity contribution in [3.8, 4) is 5.75 Å². The molecule has 0 spiro atoms. The van der Waals surface area contributed by atoms with Gasteiger partial charge in [-0.15, -0.1) is 0 Å². The topological polar surface area (TPSA) is 56.1 Å². The molecule has 5 nitrogen and oxygen atoms in total. The van der Waals surface area contributed by atoms with E-state index in [9.17, 15) is 9.18 Å². The van der Waals surface area contributed by atoms with Crippen molar-refractivity contribution in [3.05, 3.63) is 82.4 Å². The van der Waals surface area contributed by atoms with Crippen molar-refractivity contribution in [1.29, 1.82) is 0 Å². The molecule has 0 fully saturated rings. The maximum absolute atomic E-state index is 13.9. The Morgan fingerprint density at radius 2 is 2.00 bits per heavy atom. The van der Waals surface area contributed by atoms with Gasteiger partial charge >= 0.3 is 0 Å². The molecular formula is C22H24FN3O2. The molecule has 1 amide bonds. The van der Waals surface area contributed by atoms with Gasteiger partial charge < -0.3 is 10.1 Å². The first-order valence-electron chi connectivity index (χ1n) is 9.11. The van der Waals surface area contributed by atoms with Gasteiger partial charge in [0.1, 0.15) is 0 Å². The molecule has 0 bridgehead atoms. The summed E-state index contributed by atoms with van der Waals surface area (Å²) < 4.78 is 20.8.